The predicted molar refractivity (Wildman–Crippen MR) is 53.1 cm³/mol. The Morgan fingerprint density at radius 2 is 2.07 bits per heavy atom. The normalized spacial score (nSPS) is 10.1. The minimum absolute atomic E-state index is 0.00154. The van der Waals surface area contributed by atoms with E-state index in [2.05, 4.69) is 4.94 Å². The molecule has 0 radical (unpaired) electrons. The summed E-state index contributed by atoms with van der Waals surface area (Å²) in [6.07, 6.45) is 0.414. The summed E-state index contributed by atoms with van der Waals surface area (Å²) >= 11 is 0. The number of aromatic hydroxyl groups is 1. The molecule has 0 aliphatic heterocycles. The molecule has 15 heavy (non-hydrogen) atoms. The van der Waals surface area contributed by atoms with Crippen molar-refractivity contribution in [3.63, 3.8) is 0 Å². The van der Waals surface area contributed by atoms with E-state index in [4.69, 9.17) is 0 Å². The first-order valence-corrected chi connectivity index (χ1v) is 4.65. The molecule has 0 saturated carbocycles. The van der Waals surface area contributed by atoms with Gasteiger partial charge in [0.2, 0.25) is 0 Å². The Morgan fingerprint density at radius 3 is 2.67 bits per heavy atom. The number of hydrogen-bond acceptors (Lipinski definition) is 3. The van der Waals surface area contributed by atoms with Crippen LogP contribution in [-0.2, 0) is 16.2 Å². The van der Waals surface area contributed by atoms with E-state index in [1.165, 1.54) is 0 Å². The molecule has 1 aromatic carbocycles. The van der Waals surface area contributed by atoms with Crippen molar-refractivity contribution in [1.29, 1.82) is 0 Å². The number of phenols is 1. The second-order valence-electron chi connectivity index (χ2n) is 3.51. The van der Waals surface area contributed by atoms with Gasteiger partial charge >= 0.3 is 5.97 Å². The molecule has 0 amide bonds. The van der Waals surface area contributed by atoms with Crippen LogP contribution >= 0.6 is 0 Å². The molecule has 1 aromatic rings. The molecular formula is C11H13FO3. The maximum absolute atomic E-state index is 11.4. The van der Waals surface area contributed by atoms with Gasteiger partial charge in [0.1, 0.15) is 5.75 Å². The van der Waals surface area contributed by atoms with Gasteiger partial charge in [-0.05, 0) is 43.0 Å². The quantitative estimate of drug-likeness (QED) is 0.836. The highest BCUT2D eigenvalue weighted by Crippen LogP contribution is 2.22. The first-order chi connectivity index (χ1) is 7.04. The molecular weight excluding hydrogens is 199 g/mol. The highest BCUT2D eigenvalue weighted by molar-refractivity contribution is 5.69. The molecule has 0 aliphatic carbocycles. The van der Waals surface area contributed by atoms with E-state index < -0.39 is 5.97 Å². The lowest BCUT2D eigenvalue weighted by molar-refractivity contribution is -0.183. The van der Waals surface area contributed by atoms with Crippen molar-refractivity contribution >= 4 is 5.97 Å². The second-order valence-corrected chi connectivity index (χ2v) is 3.51. The fourth-order valence-corrected chi connectivity index (χ4v) is 1.41. The molecule has 0 saturated heterocycles. The molecule has 0 fully saturated rings. The number of rotatable bonds is 3. The molecule has 0 bridgehead atoms. The standard InChI is InChI=1S/C11H13FO3/c1-7-6-10(13)8(2)5-9(7)3-4-11(14)15-12/h5-6,13H,3-4H2,1-2H3. The SMILES string of the molecule is Cc1cc(CCC(=O)OF)c(C)cc1O. The molecule has 0 atom stereocenters. The van der Waals surface area contributed by atoms with Crippen LogP contribution in [0.4, 0.5) is 4.53 Å². The lowest BCUT2D eigenvalue weighted by Crippen LogP contribution is -2.01. The van der Waals surface area contributed by atoms with E-state index in [1.807, 2.05) is 6.92 Å². The third-order valence-electron chi connectivity index (χ3n) is 2.34. The maximum Gasteiger partial charge on any atom is 0.349 e. The second kappa shape index (κ2) is 4.77. The van der Waals surface area contributed by atoms with Gasteiger partial charge in [-0.3, -0.25) is 4.94 Å². The van der Waals surface area contributed by atoms with Crippen LogP contribution in [0.5, 0.6) is 5.75 Å². The summed E-state index contributed by atoms with van der Waals surface area (Å²) < 4.78 is 11.4. The van der Waals surface area contributed by atoms with Crippen LogP contribution in [-0.4, -0.2) is 11.1 Å². The molecule has 0 spiro atoms. The Morgan fingerprint density at radius 1 is 1.40 bits per heavy atom. The van der Waals surface area contributed by atoms with E-state index in [-0.39, 0.29) is 12.2 Å². The zero-order chi connectivity index (χ0) is 11.4. The van der Waals surface area contributed by atoms with Gasteiger partial charge in [0.25, 0.3) is 0 Å². The van der Waals surface area contributed by atoms with Crippen molar-refractivity contribution in [2.45, 2.75) is 26.7 Å². The molecule has 0 unspecified atom stereocenters. The van der Waals surface area contributed by atoms with E-state index in [9.17, 15) is 14.4 Å². The van der Waals surface area contributed by atoms with Crippen LogP contribution in [0, 0.1) is 13.8 Å². The number of phenolic OH excluding ortho intramolecular Hbond substituents is 1. The van der Waals surface area contributed by atoms with Crippen molar-refractivity contribution in [1.82, 2.24) is 0 Å². The number of halogens is 1. The fourth-order valence-electron chi connectivity index (χ4n) is 1.41. The predicted octanol–water partition coefficient (Wildman–Crippen LogP) is 2.37. The summed E-state index contributed by atoms with van der Waals surface area (Å²) in [5.41, 5.74) is 2.53. The number of carbonyl (C=O) groups excluding carboxylic acids is 1. The third kappa shape index (κ3) is 2.94. The van der Waals surface area contributed by atoms with Gasteiger partial charge < -0.3 is 5.11 Å². The van der Waals surface area contributed by atoms with Crippen molar-refractivity contribution in [3.8, 4) is 5.75 Å². The minimum atomic E-state index is -0.875. The van der Waals surface area contributed by atoms with Crippen LogP contribution in [0.15, 0.2) is 12.1 Å². The summed E-state index contributed by atoms with van der Waals surface area (Å²) in [6, 6.07) is 3.42. The molecule has 4 heteroatoms. The van der Waals surface area contributed by atoms with Gasteiger partial charge in [-0.1, -0.05) is 6.07 Å². The zero-order valence-corrected chi connectivity index (χ0v) is 8.71. The summed E-state index contributed by atoms with van der Waals surface area (Å²) in [7, 11) is 0. The van der Waals surface area contributed by atoms with Crippen molar-refractivity contribution in [2.24, 2.45) is 0 Å². The molecule has 0 aromatic heterocycles. The molecule has 0 heterocycles. The first-order valence-electron chi connectivity index (χ1n) is 4.65. The number of benzene rings is 1. The van der Waals surface area contributed by atoms with Gasteiger partial charge in [-0.15, -0.1) is 0 Å². The summed E-state index contributed by atoms with van der Waals surface area (Å²) in [6.45, 7) is 3.60. The minimum Gasteiger partial charge on any atom is -0.508 e. The summed E-state index contributed by atoms with van der Waals surface area (Å²) in [5.74, 6) is -0.649. The van der Waals surface area contributed by atoms with Gasteiger partial charge in [0.15, 0.2) is 0 Å². The molecule has 82 valence electrons. The van der Waals surface area contributed by atoms with Gasteiger partial charge in [0, 0.05) is 4.53 Å². The average Bonchev–Trinajstić information content (AvgIpc) is 2.21. The molecule has 3 nitrogen and oxygen atoms in total. The van der Waals surface area contributed by atoms with Gasteiger partial charge in [-0.25, -0.2) is 4.79 Å². The Kier molecular flexibility index (Phi) is 3.66. The van der Waals surface area contributed by atoms with Crippen molar-refractivity contribution < 1.29 is 19.4 Å². The van der Waals surface area contributed by atoms with E-state index in [0.29, 0.717) is 6.42 Å². The zero-order valence-electron chi connectivity index (χ0n) is 8.71. The Bertz CT molecular complexity index is 374. The Labute approximate surface area is 87.4 Å². The summed E-state index contributed by atoms with van der Waals surface area (Å²) in [5, 5.41) is 9.40. The van der Waals surface area contributed by atoms with Crippen LogP contribution in [0.2, 0.25) is 0 Å². The van der Waals surface area contributed by atoms with E-state index in [0.717, 1.165) is 16.7 Å². The Balaban J connectivity index is 2.77. The molecule has 1 rings (SSSR count). The maximum atomic E-state index is 11.4. The molecule has 0 aliphatic rings. The van der Waals surface area contributed by atoms with Crippen LogP contribution in [0.25, 0.3) is 0 Å². The lowest BCUT2D eigenvalue weighted by Gasteiger charge is -2.07. The van der Waals surface area contributed by atoms with E-state index in [1.54, 1.807) is 19.1 Å². The van der Waals surface area contributed by atoms with Crippen molar-refractivity contribution in [2.75, 3.05) is 0 Å². The van der Waals surface area contributed by atoms with Crippen LogP contribution in [0.1, 0.15) is 23.1 Å². The van der Waals surface area contributed by atoms with Crippen LogP contribution < -0.4 is 0 Å². The topological polar surface area (TPSA) is 46.5 Å². The largest absolute Gasteiger partial charge is 0.508 e. The molecule has 1 N–H and O–H groups in total. The van der Waals surface area contributed by atoms with Crippen molar-refractivity contribution in [3.05, 3.63) is 28.8 Å². The number of hydrogen-bond donors (Lipinski definition) is 1. The highest BCUT2D eigenvalue weighted by atomic mass is 19.3. The van der Waals surface area contributed by atoms with E-state index >= 15 is 0 Å². The van der Waals surface area contributed by atoms with Crippen LogP contribution in [0.3, 0.4) is 0 Å². The number of carbonyl (C=O) groups is 1. The fraction of sp³-hybridized carbons (Fsp3) is 0.364. The number of aryl methyl sites for hydroxylation is 3. The lowest BCUT2D eigenvalue weighted by atomic mass is 10.0. The first kappa shape index (κ1) is 11.5. The average molecular weight is 212 g/mol. The monoisotopic (exact) mass is 212 g/mol. The smallest absolute Gasteiger partial charge is 0.349 e. The Hall–Kier alpha value is -1.58. The summed E-state index contributed by atoms with van der Waals surface area (Å²) in [4.78, 5) is 13.7. The van der Waals surface area contributed by atoms with Gasteiger partial charge in [0.05, 0.1) is 6.42 Å². The van der Waals surface area contributed by atoms with Gasteiger partial charge in [-0.2, -0.15) is 0 Å². The highest BCUT2D eigenvalue weighted by Gasteiger charge is 2.07. The third-order valence-corrected chi connectivity index (χ3v) is 2.34.